The van der Waals surface area contributed by atoms with Crippen LogP contribution >= 0.6 is 0 Å². The van der Waals surface area contributed by atoms with Gasteiger partial charge in [-0.1, -0.05) is 48.5 Å². The summed E-state index contributed by atoms with van der Waals surface area (Å²) in [4.78, 5) is 18.1. The van der Waals surface area contributed by atoms with Crippen LogP contribution in [0, 0.1) is 0 Å². The fourth-order valence-corrected chi connectivity index (χ4v) is 4.25. The number of benzene rings is 4. The molecule has 5 rings (SSSR count). The highest BCUT2D eigenvalue weighted by Gasteiger charge is 2.18. The van der Waals surface area contributed by atoms with Crippen LogP contribution in [0.4, 0.5) is 0 Å². The van der Waals surface area contributed by atoms with Gasteiger partial charge in [0.15, 0.2) is 11.5 Å². The van der Waals surface area contributed by atoms with Gasteiger partial charge in [-0.15, -0.1) is 0 Å². The monoisotopic (exact) mass is 533 g/mol. The summed E-state index contributed by atoms with van der Waals surface area (Å²) in [6.07, 6.45) is 1.57. The maximum Gasteiger partial charge on any atom is 0.272 e. The molecule has 0 spiro atoms. The van der Waals surface area contributed by atoms with Gasteiger partial charge in [-0.25, -0.2) is 10.4 Å². The van der Waals surface area contributed by atoms with Crippen LogP contribution in [0.3, 0.4) is 0 Å². The molecule has 200 valence electrons. The van der Waals surface area contributed by atoms with Gasteiger partial charge in [-0.2, -0.15) is 5.10 Å². The summed E-state index contributed by atoms with van der Waals surface area (Å²) < 4.78 is 22.3. The predicted molar refractivity (Wildman–Crippen MR) is 155 cm³/mol. The van der Waals surface area contributed by atoms with Gasteiger partial charge >= 0.3 is 0 Å². The number of hydrazone groups is 1. The van der Waals surface area contributed by atoms with Gasteiger partial charge in [0.25, 0.3) is 5.91 Å². The van der Waals surface area contributed by atoms with E-state index in [1.165, 1.54) is 0 Å². The summed E-state index contributed by atoms with van der Waals surface area (Å²) in [6, 6.07) is 29.7. The van der Waals surface area contributed by atoms with E-state index in [-0.39, 0.29) is 5.91 Å². The fraction of sp³-hybridized carbons (Fsp3) is 0.0938. The Morgan fingerprint density at radius 1 is 0.775 bits per heavy atom. The number of aromatic nitrogens is 1. The van der Waals surface area contributed by atoms with Crippen molar-refractivity contribution in [3.63, 3.8) is 0 Å². The summed E-state index contributed by atoms with van der Waals surface area (Å²) in [6.45, 7) is 0. The number of para-hydroxylation sites is 2. The summed E-state index contributed by atoms with van der Waals surface area (Å²) in [5, 5.41) is 4.89. The van der Waals surface area contributed by atoms with Crippen molar-refractivity contribution in [3.8, 4) is 40.0 Å². The molecule has 1 aromatic heterocycles. The first-order valence-corrected chi connectivity index (χ1v) is 12.5. The number of hydrogen-bond donors (Lipinski definition) is 1. The Balaban J connectivity index is 1.42. The van der Waals surface area contributed by atoms with Gasteiger partial charge in [0.05, 0.1) is 44.3 Å². The quantitative estimate of drug-likeness (QED) is 0.172. The lowest BCUT2D eigenvalue weighted by Gasteiger charge is -2.15. The van der Waals surface area contributed by atoms with Crippen molar-refractivity contribution < 1.29 is 23.7 Å². The summed E-state index contributed by atoms with van der Waals surface area (Å²) in [5.41, 5.74) is 5.77. The second-order valence-corrected chi connectivity index (χ2v) is 8.67. The normalized spacial score (nSPS) is 10.9. The number of methoxy groups -OCH3 is 3. The molecule has 1 N–H and O–H groups in total. The van der Waals surface area contributed by atoms with E-state index in [9.17, 15) is 4.79 Å². The van der Waals surface area contributed by atoms with Crippen LogP contribution in [-0.4, -0.2) is 38.4 Å². The van der Waals surface area contributed by atoms with Gasteiger partial charge in [0.1, 0.15) is 11.5 Å². The van der Waals surface area contributed by atoms with Crippen LogP contribution in [0.15, 0.2) is 102 Å². The van der Waals surface area contributed by atoms with E-state index in [4.69, 9.17) is 23.9 Å². The lowest BCUT2D eigenvalue weighted by Crippen LogP contribution is -2.18. The van der Waals surface area contributed by atoms with Crippen molar-refractivity contribution in [2.45, 2.75) is 0 Å². The molecule has 0 radical (unpaired) electrons. The van der Waals surface area contributed by atoms with E-state index in [1.54, 1.807) is 45.7 Å². The minimum atomic E-state index is -0.375. The Morgan fingerprint density at radius 3 is 2.20 bits per heavy atom. The molecule has 0 bridgehead atoms. The standard InChI is InChI=1S/C32H27N3O5/c1-37-29-17-22(18-30(38-2)31(29)39-3)28-19-26(25-14-7-8-15-27(25)34-28)32(36)35-33-20-21-10-9-13-24(16-21)40-23-11-5-4-6-12-23/h4-20H,1-3H3,(H,35,36). The topological polar surface area (TPSA) is 91.3 Å². The van der Waals surface area contributed by atoms with Crippen molar-refractivity contribution in [1.82, 2.24) is 10.4 Å². The number of carbonyl (C=O) groups excluding carboxylic acids is 1. The summed E-state index contributed by atoms with van der Waals surface area (Å²) in [5.74, 6) is 2.47. The SMILES string of the molecule is COc1cc(-c2cc(C(=O)NN=Cc3cccc(Oc4ccccc4)c3)c3ccccc3n2)cc(OC)c1OC. The van der Waals surface area contributed by atoms with E-state index in [2.05, 4.69) is 10.5 Å². The van der Waals surface area contributed by atoms with Crippen LogP contribution < -0.4 is 24.4 Å². The molecule has 0 unspecified atom stereocenters. The number of fused-ring (bicyclic) bond motifs is 1. The molecule has 0 fully saturated rings. The highest BCUT2D eigenvalue weighted by Crippen LogP contribution is 2.41. The van der Waals surface area contributed by atoms with Gasteiger partial charge in [-0.3, -0.25) is 4.79 Å². The largest absolute Gasteiger partial charge is 0.493 e. The molecule has 1 amide bonds. The molecule has 8 nitrogen and oxygen atoms in total. The van der Waals surface area contributed by atoms with Crippen LogP contribution in [0.2, 0.25) is 0 Å². The van der Waals surface area contributed by atoms with Crippen molar-refractivity contribution in [2.75, 3.05) is 21.3 Å². The maximum absolute atomic E-state index is 13.3. The average molecular weight is 534 g/mol. The maximum atomic E-state index is 13.3. The van der Waals surface area contributed by atoms with Crippen molar-refractivity contribution in [1.29, 1.82) is 0 Å². The van der Waals surface area contributed by atoms with E-state index in [0.717, 1.165) is 11.3 Å². The summed E-state index contributed by atoms with van der Waals surface area (Å²) in [7, 11) is 4.65. The number of nitrogens with one attached hydrogen (secondary N) is 1. The molecule has 1 heterocycles. The number of pyridine rings is 1. The average Bonchev–Trinajstić information content (AvgIpc) is 3.00. The molecule has 0 aliphatic rings. The number of ether oxygens (including phenoxy) is 4. The number of amides is 1. The third-order valence-corrected chi connectivity index (χ3v) is 6.14. The van der Waals surface area contributed by atoms with Gasteiger partial charge in [-0.05, 0) is 54.1 Å². The zero-order valence-electron chi connectivity index (χ0n) is 22.3. The highest BCUT2D eigenvalue weighted by molar-refractivity contribution is 6.07. The van der Waals surface area contributed by atoms with Crippen molar-refractivity contribution in [2.24, 2.45) is 5.10 Å². The van der Waals surface area contributed by atoms with Crippen LogP contribution in [0.25, 0.3) is 22.2 Å². The van der Waals surface area contributed by atoms with E-state index in [1.807, 2.05) is 78.9 Å². The van der Waals surface area contributed by atoms with Crippen LogP contribution in [0.1, 0.15) is 15.9 Å². The minimum Gasteiger partial charge on any atom is -0.493 e. The number of nitrogens with zero attached hydrogens (tertiary/aromatic N) is 2. The molecule has 0 saturated carbocycles. The fourth-order valence-electron chi connectivity index (χ4n) is 4.25. The third-order valence-electron chi connectivity index (χ3n) is 6.14. The first kappa shape index (κ1) is 26.2. The molecule has 4 aromatic carbocycles. The Morgan fingerprint density at radius 2 is 1.48 bits per heavy atom. The Bertz CT molecular complexity index is 1660. The van der Waals surface area contributed by atoms with E-state index < -0.39 is 0 Å². The second kappa shape index (κ2) is 12.0. The number of hydrogen-bond acceptors (Lipinski definition) is 7. The molecule has 40 heavy (non-hydrogen) atoms. The number of rotatable bonds is 9. The molecule has 0 aliphatic carbocycles. The van der Waals surface area contributed by atoms with Gasteiger partial charge < -0.3 is 18.9 Å². The predicted octanol–water partition coefficient (Wildman–Crippen LogP) is 6.48. The lowest BCUT2D eigenvalue weighted by atomic mass is 10.0. The zero-order valence-corrected chi connectivity index (χ0v) is 22.3. The molecule has 0 aliphatic heterocycles. The Hall–Kier alpha value is -5.37. The number of carbonyl (C=O) groups is 1. The first-order valence-electron chi connectivity index (χ1n) is 12.5. The third kappa shape index (κ3) is 5.71. The van der Waals surface area contributed by atoms with Crippen molar-refractivity contribution in [3.05, 3.63) is 108 Å². The smallest absolute Gasteiger partial charge is 0.272 e. The first-order chi connectivity index (χ1) is 19.6. The van der Waals surface area contributed by atoms with Crippen LogP contribution in [0.5, 0.6) is 28.7 Å². The van der Waals surface area contributed by atoms with Crippen LogP contribution in [-0.2, 0) is 0 Å². The van der Waals surface area contributed by atoms with E-state index >= 15 is 0 Å². The second-order valence-electron chi connectivity index (χ2n) is 8.67. The minimum absolute atomic E-state index is 0.375. The molecular formula is C32H27N3O5. The zero-order chi connectivity index (χ0) is 27.9. The lowest BCUT2D eigenvalue weighted by molar-refractivity contribution is 0.0956. The molecule has 8 heteroatoms. The molecule has 0 atom stereocenters. The Kier molecular flexibility index (Phi) is 7.87. The van der Waals surface area contributed by atoms with Crippen molar-refractivity contribution >= 4 is 23.0 Å². The molecule has 0 saturated heterocycles. The Labute approximate surface area is 231 Å². The van der Waals surface area contributed by atoms with E-state index in [0.29, 0.717) is 50.7 Å². The van der Waals surface area contributed by atoms with Gasteiger partial charge in [0.2, 0.25) is 5.75 Å². The summed E-state index contributed by atoms with van der Waals surface area (Å²) >= 11 is 0. The molecular weight excluding hydrogens is 506 g/mol. The molecule has 5 aromatic rings. The highest BCUT2D eigenvalue weighted by atomic mass is 16.5. The van der Waals surface area contributed by atoms with Gasteiger partial charge in [0, 0.05) is 10.9 Å².